The number of ether oxygens (including phenoxy) is 2. The number of amides is 2. The van der Waals surface area contributed by atoms with Gasteiger partial charge in [-0.25, -0.2) is 9.97 Å². The van der Waals surface area contributed by atoms with Crippen molar-refractivity contribution in [2.24, 2.45) is 0 Å². The number of aromatic nitrogens is 2. The largest absolute Gasteiger partial charge is 0.496 e. The lowest BCUT2D eigenvalue weighted by molar-refractivity contribution is -0.122. The van der Waals surface area contributed by atoms with Crippen molar-refractivity contribution in [1.29, 1.82) is 0 Å². The summed E-state index contributed by atoms with van der Waals surface area (Å²) in [5.41, 5.74) is 3.54. The molecule has 1 fully saturated rings. The number of nitrogens with one attached hydrogen (secondary N) is 2. The van der Waals surface area contributed by atoms with E-state index < -0.39 is 0 Å². The van der Waals surface area contributed by atoms with E-state index in [4.69, 9.17) is 21.1 Å². The summed E-state index contributed by atoms with van der Waals surface area (Å²) in [5, 5.41) is 6.72. The van der Waals surface area contributed by atoms with Gasteiger partial charge in [-0.3, -0.25) is 9.59 Å². The SMILES string of the molecule is COc1ccccc1[C@@H](C)NC(=O)CN1Cc2ccc(-c3nc(NC4CCOCC4)ncc3Cl)cc2C1=O. The van der Waals surface area contributed by atoms with E-state index in [9.17, 15) is 9.59 Å². The monoisotopic (exact) mass is 535 g/mol. The Morgan fingerprint density at radius 3 is 2.82 bits per heavy atom. The van der Waals surface area contributed by atoms with Gasteiger partial charge in [-0.2, -0.15) is 0 Å². The molecule has 0 aliphatic carbocycles. The number of benzene rings is 2. The smallest absolute Gasteiger partial charge is 0.254 e. The summed E-state index contributed by atoms with van der Waals surface area (Å²) in [7, 11) is 1.60. The molecule has 2 aliphatic heterocycles. The van der Waals surface area contributed by atoms with Crippen LogP contribution in [0.4, 0.5) is 5.95 Å². The first kappa shape index (κ1) is 25.9. The number of rotatable bonds is 8. The molecule has 0 spiro atoms. The Hall–Kier alpha value is -3.69. The van der Waals surface area contributed by atoms with E-state index in [-0.39, 0.29) is 30.4 Å². The normalized spacial score (nSPS) is 16.2. The van der Waals surface area contributed by atoms with Gasteiger partial charge in [0.15, 0.2) is 0 Å². The predicted octanol–water partition coefficient (Wildman–Crippen LogP) is 4.23. The first-order valence-electron chi connectivity index (χ1n) is 12.6. The third-order valence-corrected chi connectivity index (χ3v) is 7.15. The van der Waals surface area contributed by atoms with Crippen molar-refractivity contribution in [1.82, 2.24) is 20.2 Å². The lowest BCUT2D eigenvalue weighted by atomic mass is 10.0. The zero-order valence-corrected chi connectivity index (χ0v) is 22.1. The molecule has 0 radical (unpaired) electrons. The molecule has 1 saturated heterocycles. The molecule has 2 N–H and O–H groups in total. The molecule has 2 amide bonds. The summed E-state index contributed by atoms with van der Waals surface area (Å²) in [6, 6.07) is 13.1. The summed E-state index contributed by atoms with van der Waals surface area (Å²) in [5.74, 6) is 0.748. The van der Waals surface area contributed by atoms with Crippen LogP contribution >= 0.6 is 11.6 Å². The Balaban J connectivity index is 1.27. The van der Waals surface area contributed by atoms with Gasteiger partial charge in [0.25, 0.3) is 5.91 Å². The van der Waals surface area contributed by atoms with Crippen LogP contribution < -0.4 is 15.4 Å². The summed E-state index contributed by atoms with van der Waals surface area (Å²) in [6.07, 6.45) is 3.34. The van der Waals surface area contributed by atoms with Crippen LogP contribution in [0.2, 0.25) is 5.02 Å². The Morgan fingerprint density at radius 1 is 1.24 bits per heavy atom. The van der Waals surface area contributed by atoms with Crippen LogP contribution in [-0.4, -0.2) is 59.6 Å². The first-order valence-corrected chi connectivity index (χ1v) is 13.0. The number of fused-ring (bicyclic) bond motifs is 1. The first-order chi connectivity index (χ1) is 18.4. The molecule has 0 unspecified atom stereocenters. The van der Waals surface area contributed by atoms with E-state index in [0.717, 1.165) is 29.5 Å². The number of carbonyl (C=O) groups is 2. The minimum absolute atomic E-state index is 0.0459. The maximum absolute atomic E-state index is 13.2. The second kappa shape index (κ2) is 11.4. The van der Waals surface area contributed by atoms with Crippen LogP contribution in [0.3, 0.4) is 0 Å². The maximum Gasteiger partial charge on any atom is 0.254 e. The molecule has 0 bridgehead atoms. The lowest BCUT2D eigenvalue weighted by Crippen LogP contribution is -2.38. The molecule has 5 rings (SSSR count). The molecule has 3 heterocycles. The summed E-state index contributed by atoms with van der Waals surface area (Å²) < 4.78 is 10.8. The van der Waals surface area contributed by atoms with E-state index in [1.54, 1.807) is 24.3 Å². The number of carbonyl (C=O) groups excluding carboxylic acids is 2. The van der Waals surface area contributed by atoms with Crippen LogP contribution in [-0.2, 0) is 16.1 Å². The molecule has 9 nitrogen and oxygen atoms in total. The predicted molar refractivity (Wildman–Crippen MR) is 144 cm³/mol. The van der Waals surface area contributed by atoms with Crippen molar-refractivity contribution in [3.8, 4) is 17.0 Å². The van der Waals surface area contributed by atoms with Gasteiger partial charge in [-0.15, -0.1) is 0 Å². The molecule has 38 heavy (non-hydrogen) atoms. The summed E-state index contributed by atoms with van der Waals surface area (Å²) >= 11 is 6.45. The quantitative estimate of drug-likeness (QED) is 0.444. The van der Waals surface area contributed by atoms with Crippen LogP contribution in [0.15, 0.2) is 48.7 Å². The molecule has 10 heteroatoms. The summed E-state index contributed by atoms with van der Waals surface area (Å²) in [4.78, 5) is 36.5. The van der Waals surface area contributed by atoms with Crippen molar-refractivity contribution in [2.75, 3.05) is 32.2 Å². The van der Waals surface area contributed by atoms with Gasteiger partial charge in [0.1, 0.15) is 12.3 Å². The van der Waals surface area contributed by atoms with Crippen molar-refractivity contribution in [2.45, 2.75) is 38.4 Å². The molecular formula is C28H30ClN5O4. The second-order valence-electron chi connectivity index (χ2n) is 9.49. The fourth-order valence-corrected chi connectivity index (χ4v) is 5.06. The van der Waals surface area contributed by atoms with Crippen molar-refractivity contribution < 1.29 is 19.1 Å². The van der Waals surface area contributed by atoms with Gasteiger partial charge in [-0.05, 0) is 37.5 Å². The minimum atomic E-state index is -0.269. The van der Waals surface area contributed by atoms with Crippen LogP contribution in [0.5, 0.6) is 5.75 Å². The van der Waals surface area contributed by atoms with Gasteiger partial charge < -0.3 is 25.0 Å². The van der Waals surface area contributed by atoms with Crippen molar-refractivity contribution >= 4 is 29.4 Å². The molecule has 2 aliphatic rings. The molecule has 1 atom stereocenters. The number of methoxy groups -OCH3 is 1. The molecule has 0 saturated carbocycles. The Bertz CT molecular complexity index is 1340. The highest BCUT2D eigenvalue weighted by Gasteiger charge is 2.30. The number of anilines is 1. The lowest BCUT2D eigenvalue weighted by Gasteiger charge is -2.23. The van der Waals surface area contributed by atoms with Gasteiger partial charge in [0.2, 0.25) is 11.9 Å². The average Bonchev–Trinajstić information content (AvgIpc) is 3.24. The number of halogens is 1. The Kier molecular flexibility index (Phi) is 7.76. The fourth-order valence-electron chi connectivity index (χ4n) is 4.86. The van der Waals surface area contributed by atoms with Crippen molar-refractivity contribution in [3.05, 3.63) is 70.4 Å². The number of hydrogen-bond donors (Lipinski definition) is 2. The number of nitrogens with zero attached hydrogens (tertiary/aromatic N) is 3. The van der Waals surface area contributed by atoms with E-state index in [1.165, 1.54) is 0 Å². The second-order valence-corrected chi connectivity index (χ2v) is 9.89. The molecule has 198 valence electrons. The average molecular weight is 536 g/mol. The van der Waals surface area contributed by atoms with E-state index in [0.29, 0.717) is 47.7 Å². The third-order valence-electron chi connectivity index (χ3n) is 6.88. The van der Waals surface area contributed by atoms with E-state index >= 15 is 0 Å². The van der Waals surface area contributed by atoms with Gasteiger partial charge >= 0.3 is 0 Å². The van der Waals surface area contributed by atoms with Crippen LogP contribution in [0.25, 0.3) is 11.3 Å². The molecular weight excluding hydrogens is 506 g/mol. The highest BCUT2D eigenvalue weighted by Crippen LogP contribution is 2.32. The summed E-state index contributed by atoms with van der Waals surface area (Å²) in [6.45, 7) is 3.62. The highest BCUT2D eigenvalue weighted by molar-refractivity contribution is 6.33. The van der Waals surface area contributed by atoms with Gasteiger partial charge in [0, 0.05) is 42.5 Å². The van der Waals surface area contributed by atoms with E-state index in [1.807, 2.05) is 43.3 Å². The topological polar surface area (TPSA) is 106 Å². The van der Waals surface area contributed by atoms with Crippen molar-refractivity contribution in [3.63, 3.8) is 0 Å². The molecule has 3 aromatic rings. The Labute approximate surface area is 226 Å². The van der Waals surface area contributed by atoms with Gasteiger partial charge in [0.05, 0.1) is 30.1 Å². The van der Waals surface area contributed by atoms with Crippen LogP contribution in [0, 0.1) is 0 Å². The number of para-hydroxylation sites is 1. The van der Waals surface area contributed by atoms with E-state index in [2.05, 4.69) is 20.6 Å². The Morgan fingerprint density at radius 2 is 2.03 bits per heavy atom. The fraction of sp³-hybridized carbons (Fsp3) is 0.357. The highest BCUT2D eigenvalue weighted by atomic mass is 35.5. The van der Waals surface area contributed by atoms with Gasteiger partial charge in [-0.1, -0.05) is 41.9 Å². The molecule has 1 aromatic heterocycles. The minimum Gasteiger partial charge on any atom is -0.496 e. The molecule has 2 aromatic carbocycles. The zero-order chi connectivity index (χ0) is 26.6. The number of hydrogen-bond acceptors (Lipinski definition) is 7. The van der Waals surface area contributed by atoms with Crippen LogP contribution in [0.1, 0.15) is 47.3 Å². The maximum atomic E-state index is 13.2. The standard InChI is InChI=1S/C28H30ClN5O4/c1-17(21-5-3-4-6-24(21)37-2)31-25(35)16-34-15-19-8-7-18(13-22(19)27(34)36)26-23(29)14-30-28(33-26)32-20-9-11-38-12-10-20/h3-8,13-14,17,20H,9-12,15-16H2,1-2H3,(H,31,35)(H,30,32,33)/t17-/m1/s1. The third kappa shape index (κ3) is 5.58. The zero-order valence-electron chi connectivity index (χ0n) is 21.4.